The summed E-state index contributed by atoms with van der Waals surface area (Å²) in [6.45, 7) is 3.88. The zero-order valence-electron chi connectivity index (χ0n) is 16.1. The van der Waals surface area contributed by atoms with Crippen molar-refractivity contribution in [3.63, 3.8) is 0 Å². The van der Waals surface area contributed by atoms with E-state index in [2.05, 4.69) is 10.1 Å². The van der Waals surface area contributed by atoms with E-state index in [-0.39, 0.29) is 17.5 Å². The second-order valence-electron chi connectivity index (χ2n) is 5.72. The van der Waals surface area contributed by atoms with Crippen molar-refractivity contribution in [1.29, 1.82) is 0 Å². The predicted octanol–water partition coefficient (Wildman–Crippen LogP) is 3.86. The number of rotatable bonds is 8. The monoisotopic (exact) mass is 407 g/mol. The van der Waals surface area contributed by atoms with Gasteiger partial charge in [0.2, 0.25) is 0 Å². The van der Waals surface area contributed by atoms with Crippen LogP contribution in [0.15, 0.2) is 30.3 Å². The van der Waals surface area contributed by atoms with Gasteiger partial charge >= 0.3 is 5.97 Å². The molecule has 0 aliphatic carbocycles. The Hall–Kier alpha value is -2.93. The van der Waals surface area contributed by atoms with Gasteiger partial charge in [-0.2, -0.15) is 0 Å². The summed E-state index contributed by atoms with van der Waals surface area (Å²) in [5.41, 5.74) is 1.69. The SMILES string of the molecule is CCOc1c(Cl)cc(C(=O)Nc2ccc(OCC(=O)OC)cc2C)cc1OC. The van der Waals surface area contributed by atoms with Gasteiger partial charge in [0.05, 0.1) is 25.8 Å². The topological polar surface area (TPSA) is 83.1 Å². The Morgan fingerprint density at radius 1 is 1.11 bits per heavy atom. The Morgan fingerprint density at radius 2 is 1.86 bits per heavy atom. The fourth-order valence-electron chi connectivity index (χ4n) is 2.40. The summed E-state index contributed by atoms with van der Waals surface area (Å²) in [6.07, 6.45) is 0. The van der Waals surface area contributed by atoms with Crippen LogP contribution in [0.25, 0.3) is 0 Å². The number of benzene rings is 2. The number of carbonyl (C=O) groups is 2. The van der Waals surface area contributed by atoms with Crippen molar-refractivity contribution >= 4 is 29.2 Å². The zero-order valence-corrected chi connectivity index (χ0v) is 16.9. The Balaban J connectivity index is 2.16. The summed E-state index contributed by atoms with van der Waals surface area (Å²) < 4.78 is 20.6. The largest absolute Gasteiger partial charge is 0.493 e. The second kappa shape index (κ2) is 9.85. The number of halogens is 1. The molecule has 0 atom stereocenters. The van der Waals surface area contributed by atoms with Gasteiger partial charge in [-0.1, -0.05) is 11.6 Å². The first-order valence-electron chi connectivity index (χ1n) is 8.51. The minimum Gasteiger partial charge on any atom is -0.493 e. The molecule has 0 bridgehead atoms. The van der Waals surface area contributed by atoms with Crippen LogP contribution in [-0.4, -0.2) is 39.3 Å². The molecule has 0 aliphatic heterocycles. The molecule has 0 unspecified atom stereocenters. The van der Waals surface area contributed by atoms with Crippen molar-refractivity contribution in [2.45, 2.75) is 13.8 Å². The molecule has 7 nitrogen and oxygen atoms in total. The van der Waals surface area contributed by atoms with Gasteiger partial charge in [0.1, 0.15) is 5.75 Å². The van der Waals surface area contributed by atoms with Gasteiger partial charge in [-0.25, -0.2) is 4.79 Å². The third-order valence-corrected chi connectivity index (χ3v) is 4.09. The summed E-state index contributed by atoms with van der Waals surface area (Å²) in [6, 6.07) is 8.14. The normalized spacial score (nSPS) is 10.2. The highest BCUT2D eigenvalue weighted by molar-refractivity contribution is 6.32. The van der Waals surface area contributed by atoms with E-state index in [1.165, 1.54) is 20.3 Å². The summed E-state index contributed by atoms with van der Waals surface area (Å²) in [5.74, 6) is 0.437. The van der Waals surface area contributed by atoms with Crippen molar-refractivity contribution in [3.05, 3.63) is 46.5 Å². The zero-order chi connectivity index (χ0) is 20.7. The van der Waals surface area contributed by atoms with Crippen LogP contribution >= 0.6 is 11.6 Å². The van der Waals surface area contributed by atoms with Crippen LogP contribution in [0.3, 0.4) is 0 Å². The van der Waals surface area contributed by atoms with Crippen molar-refractivity contribution in [1.82, 2.24) is 0 Å². The highest BCUT2D eigenvalue weighted by Gasteiger charge is 2.16. The third-order valence-electron chi connectivity index (χ3n) is 3.81. The third kappa shape index (κ3) is 5.29. The number of hydrogen-bond donors (Lipinski definition) is 1. The number of methoxy groups -OCH3 is 2. The number of nitrogens with one attached hydrogen (secondary N) is 1. The van der Waals surface area contributed by atoms with Gasteiger partial charge < -0.3 is 24.3 Å². The lowest BCUT2D eigenvalue weighted by Crippen LogP contribution is -2.14. The van der Waals surface area contributed by atoms with E-state index in [9.17, 15) is 9.59 Å². The number of anilines is 1. The van der Waals surface area contributed by atoms with Crippen LogP contribution in [0.2, 0.25) is 5.02 Å². The predicted molar refractivity (Wildman–Crippen MR) is 106 cm³/mol. The molecule has 0 radical (unpaired) electrons. The van der Waals surface area contributed by atoms with Crippen molar-refractivity contribution < 1.29 is 28.5 Å². The van der Waals surface area contributed by atoms with Crippen LogP contribution in [0.1, 0.15) is 22.8 Å². The molecule has 2 aromatic rings. The standard InChI is InChI=1S/C20H22ClNO6/c1-5-27-19-15(21)9-13(10-17(19)25-3)20(24)22-16-7-6-14(8-12(16)2)28-11-18(23)26-4/h6-10H,5,11H2,1-4H3,(H,22,24). The number of carbonyl (C=O) groups excluding carboxylic acids is 2. The van der Waals surface area contributed by atoms with E-state index in [1.807, 2.05) is 13.8 Å². The molecule has 8 heteroatoms. The first-order valence-corrected chi connectivity index (χ1v) is 8.89. The Morgan fingerprint density at radius 3 is 2.46 bits per heavy atom. The lowest BCUT2D eigenvalue weighted by Gasteiger charge is -2.14. The van der Waals surface area contributed by atoms with Gasteiger partial charge in [0, 0.05) is 11.3 Å². The fourth-order valence-corrected chi connectivity index (χ4v) is 2.66. The van der Waals surface area contributed by atoms with E-state index >= 15 is 0 Å². The Kier molecular flexibility index (Phi) is 7.52. The van der Waals surface area contributed by atoms with Gasteiger partial charge in [-0.05, 0) is 49.7 Å². The molecule has 1 amide bonds. The summed E-state index contributed by atoms with van der Waals surface area (Å²) in [4.78, 5) is 23.8. The number of hydrogen-bond acceptors (Lipinski definition) is 6. The molecule has 1 N–H and O–H groups in total. The fraction of sp³-hybridized carbons (Fsp3) is 0.300. The van der Waals surface area contributed by atoms with Crippen LogP contribution in [0, 0.1) is 6.92 Å². The van der Waals surface area contributed by atoms with Crippen LogP contribution in [0.5, 0.6) is 17.2 Å². The van der Waals surface area contributed by atoms with E-state index in [0.29, 0.717) is 35.1 Å². The lowest BCUT2D eigenvalue weighted by molar-refractivity contribution is -0.142. The van der Waals surface area contributed by atoms with Gasteiger partial charge in [0.25, 0.3) is 5.91 Å². The molecule has 2 rings (SSSR count). The lowest BCUT2D eigenvalue weighted by atomic mass is 10.1. The molecule has 0 aliphatic rings. The number of amides is 1. The van der Waals surface area contributed by atoms with Crippen molar-refractivity contribution in [2.75, 3.05) is 32.8 Å². The van der Waals surface area contributed by atoms with E-state index in [4.69, 9.17) is 25.8 Å². The van der Waals surface area contributed by atoms with Gasteiger partial charge in [-0.3, -0.25) is 4.79 Å². The summed E-state index contributed by atoms with van der Waals surface area (Å²) in [7, 11) is 2.77. The van der Waals surface area contributed by atoms with Crippen molar-refractivity contribution in [2.24, 2.45) is 0 Å². The molecular formula is C20H22ClNO6. The second-order valence-corrected chi connectivity index (χ2v) is 6.13. The van der Waals surface area contributed by atoms with E-state index in [0.717, 1.165) is 5.56 Å². The molecule has 0 aromatic heterocycles. The molecule has 28 heavy (non-hydrogen) atoms. The molecule has 0 saturated carbocycles. The molecule has 0 heterocycles. The highest BCUT2D eigenvalue weighted by Crippen LogP contribution is 2.36. The van der Waals surface area contributed by atoms with Gasteiger partial charge in [0.15, 0.2) is 18.1 Å². The van der Waals surface area contributed by atoms with Crippen LogP contribution in [0.4, 0.5) is 5.69 Å². The minimum absolute atomic E-state index is 0.188. The minimum atomic E-state index is -0.476. The first-order chi connectivity index (χ1) is 13.4. The molecule has 0 saturated heterocycles. The van der Waals surface area contributed by atoms with Crippen LogP contribution < -0.4 is 19.5 Å². The smallest absolute Gasteiger partial charge is 0.343 e. The highest BCUT2D eigenvalue weighted by atomic mass is 35.5. The summed E-state index contributed by atoms with van der Waals surface area (Å²) in [5, 5.41) is 3.11. The average molecular weight is 408 g/mol. The Bertz CT molecular complexity index is 868. The summed E-state index contributed by atoms with van der Waals surface area (Å²) >= 11 is 6.22. The molecule has 0 spiro atoms. The van der Waals surface area contributed by atoms with Crippen LogP contribution in [-0.2, 0) is 9.53 Å². The quantitative estimate of drug-likeness (QED) is 0.669. The number of esters is 1. The van der Waals surface area contributed by atoms with Gasteiger partial charge in [-0.15, -0.1) is 0 Å². The van der Waals surface area contributed by atoms with Crippen molar-refractivity contribution in [3.8, 4) is 17.2 Å². The Labute approximate surface area is 168 Å². The number of aryl methyl sites for hydroxylation is 1. The van der Waals surface area contributed by atoms with E-state index in [1.54, 1.807) is 24.3 Å². The maximum atomic E-state index is 12.6. The maximum Gasteiger partial charge on any atom is 0.343 e. The molecule has 2 aromatic carbocycles. The molecule has 0 fully saturated rings. The van der Waals surface area contributed by atoms with E-state index < -0.39 is 5.97 Å². The number of ether oxygens (including phenoxy) is 4. The average Bonchev–Trinajstić information content (AvgIpc) is 2.69. The molecular weight excluding hydrogens is 386 g/mol. The maximum absolute atomic E-state index is 12.6. The molecule has 150 valence electrons. The first kappa shape index (κ1) is 21.4.